The third-order valence-electron chi connectivity index (χ3n) is 4.67. The van der Waals surface area contributed by atoms with Crippen molar-refractivity contribution >= 4 is 29.0 Å². The van der Waals surface area contributed by atoms with Gasteiger partial charge in [0.05, 0.1) is 16.3 Å². The number of carbonyl (C=O) groups is 2. The van der Waals surface area contributed by atoms with Crippen LogP contribution in [-0.4, -0.2) is 44.9 Å². The van der Waals surface area contributed by atoms with Crippen LogP contribution in [0, 0.1) is 17.0 Å². The van der Waals surface area contributed by atoms with Gasteiger partial charge in [-0.25, -0.2) is 9.48 Å². The third kappa shape index (κ3) is 3.55. The van der Waals surface area contributed by atoms with Gasteiger partial charge in [0.2, 0.25) is 0 Å². The van der Waals surface area contributed by atoms with Crippen LogP contribution in [0.4, 0.5) is 21.9 Å². The van der Waals surface area contributed by atoms with Crippen molar-refractivity contribution in [2.45, 2.75) is 6.92 Å². The smallest absolute Gasteiger partial charge is 0.321 e. The molecule has 3 amide bonds. The van der Waals surface area contributed by atoms with E-state index in [1.54, 1.807) is 42.2 Å². The summed E-state index contributed by atoms with van der Waals surface area (Å²) < 4.78 is 1.37. The van der Waals surface area contributed by atoms with Gasteiger partial charge in [-0.05, 0) is 31.2 Å². The summed E-state index contributed by atoms with van der Waals surface area (Å²) in [6.45, 7) is 2.76. The van der Waals surface area contributed by atoms with Crippen LogP contribution >= 0.6 is 0 Å². The number of aromatic nitrogens is 3. The zero-order valence-electron chi connectivity index (χ0n) is 15.9. The van der Waals surface area contributed by atoms with Crippen LogP contribution in [0.2, 0.25) is 0 Å². The standard InChI is InChI=1S/C19H17N7O4/c1-12-17(22-23-25(12)15-6-3-7-16(11-15)26(29)30)18(27)21-13-4-2-5-14(10-13)24-9-8-20-19(24)28/h2-7,10-11H,8-9H2,1H3,(H,20,28)(H,21,27). The van der Waals surface area contributed by atoms with Crippen molar-refractivity contribution in [3.8, 4) is 5.69 Å². The first kappa shape index (κ1) is 19.1. The summed E-state index contributed by atoms with van der Waals surface area (Å²) in [6, 6.07) is 12.6. The van der Waals surface area contributed by atoms with E-state index in [9.17, 15) is 19.7 Å². The topological polar surface area (TPSA) is 135 Å². The van der Waals surface area contributed by atoms with Gasteiger partial charge < -0.3 is 10.6 Å². The van der Waals surface area contributed by atoms with Crippen molar-refractivity contribution in [2.75, 3.05) is 23.3 Å². The van der Waals surface area contributed by atoms with E-state index >= 15 is 0 Å². The van der Waals surface area contributed by atoms with Gasteiger partial charge in [0.25, 0.3) is 11.6 Å². The van der Waals surface area contributed by atoms with Gasteiger partial charge in [0, 0.05) is 36.6 Å². The average Bonchev–Trinajstić information content (AvgIpc) is 3.33. The normalized spacial score (nSPS) is 13.2. The predicted octanol–water partition coefficient (Wildman–Crippen LogP) is 2.27. The van der Waals surface area contributed by atoms with Crippen LogP contribution in [0.1, 0.15) is 16.2 Å². The number of nitrogens with one attached hydrogen (secondary N) is 2. The maximum atomic E-state index is 12.7. The van der Waals surface area contributed by atoms with Crippen molar-refractivity contribution in [1.29, 1.82) is 0 Å². The van der Waals surface area contributed by atoms with Crippen LogP contribution in [0.25, 0.3) is 5.69 Å². The van der Waals surface area contributed by atoms with Crippen molar-refractivity contribution < 1.29 is 14.5 Å². The molecule has 11 nitrogen and oxygen atoms in total. The molecule has 1 saturated heterocycles. The molecule has 1 aromatic heterocycles. The first-order valence-corrected chi connectivity index (χ1v) is 9.08. The number of anilines is 2. The van der Waals surface area contributed by atoms with Gasteiger partial charge in [-0.2, -0.15) is 0 Å². The molecule has 4 rings (SSSR count). The molecule has 1 fully saturated rings. The molecule has 0 radical (unpaired) electrons. The summed E-state index contributed by atoms with van der Waals surface area (Å²) in [5.74, 6) is -0.479. The summed E-state index contributed by atoms with van der Waals surface area (Å²) in [5.41, 5.74) is 2.03. The number of nitrogens with zero attached hydrogens (tertiary/aromatic N) is 5. The molecular weight excluding hydrogens is 390 g/mol. The number of carbonyl (C=O) groups excluding carboxylic acids is 2. The number of amides is 3. The van der Waals surface area contributed by atoms with Crippen LogP contribution in [0.5, 0.6) is 0 Å². The van der Waals surface area contributed by atoms with Crippen LogP contribution in [0.15, 0.2) is 48.5 Å². The molecule has 2 aromatic carbocycles. The number of nitro groups is 1. The number of rotatable bonds is 5. The predicted molar refractivity (Wildman–Crippen MR) is 108 cm³/mol. The highest BCUT2D eigenvalue weighted by molar-refractivity contribution is 6.04. The lowest BCUT2D eigenvalue weighted by atomic mass is 10.2. The van der Waals surface area contributed by atoms with E-state index in [4.69, 9.17) is 0 Å². The number of non-ortho nitro benzene ring substituents is 1. The highest BCUT2D eigenvalue weighted by Gasteiger charge is 2.22. The molecule has 0 spiro atoms. The van der Waals surface area contributed by atoms with E-state index in [2.05, 4.69) is 20.9 Å². The second-order valence-electron chi connectivity index (χ2n) is 6.60. The summed E-state index contributed by atoms with van der Waals surface area (Å²) in [6.07, 6.45) is 0. The minimum absolute atomic E-state index is 0.0869. The van der Waals surface area contributed by atoms with Crippen molar-refractivity contribution in [2.24, 2.45) is 0 Å². The van der Waals surface area contributed by atoms with Gasteiger partial charge in [0.15, 0.2) is 5.69 Å². The van der Waals surface area contributed by atoms with Crippen LogP contribution < -0.4 is 15.5 Å². The van der Waals surface area contributed by atoms with E-state index in [0.717, 1.165) is 0 Å². The zero-order chi connectivity index (χ0) is 21.3. The fraction of sp³-hybridized carbons (Fsp3) is 0.158. The van der Waals surface area contributed by atoms with Gasteiger partial charge in [-0.15, -0.1) is 5.10 Å². The number of hydrogen-bond donors (Lipinski definition) is 2. The summed E-state index contributed by atoms with van der Waals surface area (Å²) in [4.78, 5) is 36.6. The number of hydrogen-bond acceptors (Lipinski definition) is 6. The van der Waals surface area contributed by atoms with Crippen molar-refractivity contribution in [1.82, 2.24) is 20.3 Å². The Morgan fingerprint density at radius 1 is 1.20 bits per heavy atom. The molecule has 1 aliphatic rings. The minimum atomic E-state index is -0.503. The van der Waals surface area contributed by atoms with Gasteiger partial charge in [-0.1, -0.05) is 17.3 Å². The molecular formula is C19H17N7O4. The Bertz CT molecular complexity index is 1160. The van der Waals surface area contributed by atoms with E-state index in [-0.39, 0.29) is 17.4 Å². The summed E-state index contributed by atoms with van der Waals surface area (Å²) in [7, 11) is 0. The zero-order valence-corrected chi connectivity index (χ0v) is 15.9. The van der Waals surface area contributed by atoms with Gasteiger partial charge in [-0.3, -0.25) is 19.8 Å². The van der Waals surface area contributed by atoms with E-state index in [0.29, 0.717) is 35.8 Å². The number of nitro benzene ring substituents is 1. The fourth-order valence-corrected chi connectivity index (χ4v) is 3.18. The Morgan fingerprint density at radius 2 is 1.97 bits per heavy atom. The molecule has 2 N–H and O–H groups in total. The lowest BCUT2D eigenvalue weighted by molar-refractivity contribution is -0.384. The molecule has 2 heterocycles. The molecule has 0 bridgehead atoms. The first-order chi connectivity index (χ1) is 14.4. The molecule has 11 heteroatoms. The molecule has 0 saturated carbocycles. The van der Waals surface area contributed by atoms with Gasteiger partial charge >= 0.3 is 6.03 Å². The maximum absolute atomic E-state index is 12.7. The lowest BCUT2D eigenvalue weighted by Gasteiger charge is -2.15. The second-order valence-corrected chi connectivity index (χ2v) is 6.60. The maximum Gasteiger partial charge on any atom is 0.321 e. The van der Waals surface area contributed by atoms with Crippen molar-refractivity contribution in [3.05, 3.63) is 70.0 Å². The number of benzene rings is 2. The molecule has 152 valence electrons. The van der Waals surface area contributed by atoms with E-state index in [1.807, 2.05) is 0 Å². The monoisotopic (exact) mass is 407 g/mol. The highest BCUT2D eigenvalue weighted by Crippen LogP contribution is 2.22. The Morgan fingerprint density at radius 3 is 2.70 bits per heavy atom. The summed E-state index contributed by atoms with van der Waals surface area (Å²) >= 11 is 0. The van der Waals surface area contributed by atoms with E-state index < -0.39 is 10.8 Å². The largest absolute Gasteiger partial charge is 0.336 e. The molecule has 30 heavy (non-hydrogen) atoms. The third-order valence-corrected chi connectivity index (χ3v) is 4.67. The van der Waals surface area contributed by atoms with Gasteiger partial charge in [0.1, 0.15) is 0 Å². The first-order valence-electron chi connectivity index (χ1n) is 9.08. The van der Waals surface area contributed by atoms with Crippen LogP contribution in [-0.2, 0) is 0 Å². The quantitative estimate of drug-likeness (QED) is 0.492. The minimum Gasteiger partial charge on any atom is -0.336 e. The lowest BCUT2D eigenvalue weighted by Crippen LogP contribution is -2.27. The van der Waals surface area contributed by atoms with E-state index in [1.165, 1.54) is 22.9 Å². The molecule has 0 aliphatic carbocycles. The Kier molecular flexibility index (Phi) is 4.84. The molecule has 3 aromatic rings. The highest BCUT2D eigenvalue weighted by atomic mass is 16.6. The summed E-state index contributed by atoms with van der Waals surface area (Å²) in [5, 5.41) is 24.4. The Labute approximate surface area is 170 Å². The van der Waals surface area contributed by atoms with Crippen LogP contribution in [0.3, 0.4) is 0 Å². The number of urea groups is 1. The molecule has 0 atom stereocenters. The fourth-order valence-electron chi connectivity index (χ4n) is 3.18. The molecule has 0 unspecified atom stereocenters. The Hall–Kier alpha value is -4.28. The average molecular weight is 407 g/mol. The molecule has 1 aliphatic heterocycles. The SMILES string of the molecule is Cc1c(C(=O)Nc2cccc(N3CCNC3=O)c2)nnn1-c1cccc([N+](=O)[O-])c1. The van der Waals surface area contributed by atoms with Crippen molar-refractivity contribution in [3.63, 3.8) is 0 Å². The Balaban J connectivity index is 1.56. The second kappa shape index (κ2) is 7.62.